The lowest BCUT2D eigenvalue weighted by Crippen LogP contribution is -2.47. The number of amides is 1. The number of carbonyl (C=O) groups is 1. The van der Waals surface area contributed by atoms with Crippen LogP contribution < -0.4 is 15.7 Å². The zero-order chi connectivity index (χ0) is 31.4. The summed E-state index contributed by atoms with van der Waals surface area (Å²) in [5, 5.41) is 20.7. The molecule has 0 spiro atoms. The molecule has 2 aliphatic rings. The average molecular weight is 658 g/mol. The van der Waals surface area contributed by atoms with E-state index >= 15 is 0 Å². The Labute approximate surface area is 265 Å². The summed E-state index contributed by atoms with van der Waals surface area (Å²) >= 11 is 1.70. The predicted molar refractivity (Wildman–Crippen MR) is 174 cm³/mol. The fourth-order valence-corrected chi connectivity index (χ4v) is 7.81. The number of thiophene rings is 1. The highest BCUT2D eigenvalue weighted by Gasteiger charge is 2.25. The van der Waals surface area contributed by atoms with Gasteiger partial charge in [0, 0.05) is 69.2 Å². The molecule has 0 aliphatic carbocycles. The van der Waals surface area contributed by atoms with Gasteiger partial charge in [-0.2, -0.15) is 9.40 Å². The van der Waals surface area contributed by atoms with Gasteiger partial charge >= 0.3 is 0 Å². The van der Waals surface area contributed by atoms with Crippen LogP contribution in [0.15, 0.2) is 24.3 Å². The smallest absolute Gasteiger partial charge is 0.243 e. The van der Waals surface area contributed by atoms with E-state index in [0.29, 0.717) is 64.6 Å². The number of morpholine rings is 1. The molecule has 2 aliphatic heterocycles. The third-order valence-corrected chi connectivity index (χ3v) is 10.6. The number of sulfonamides is 1. The highest BCUT2D eigenvalue weighted by atomic mass is 32.2. The molecular weight excluding hydrogens is 619 g/mol. The minimum atomic E-state index is -3.18. The van der Waals surface area contributed by atoms with Gasteiger partial charge in [0.25, 0.3) is 0 Å². The topological polar surface area (TPSA) is 169 Å². The molecule has 4 aromatic rings. The third-order valence-electron chi connectivity index (χ3n) is 8.22. The second-order valence-electron chi connectivity index (χ2n) is 11.4. The van der Waals surface area contributed by atoms with E-state index < -0.39 is 10.0 Å². The van der Waals surface area contributed by atoms with Crippen LogP contribution in [0.1, 0.15) is 30.6 Å². The number of anilines is 2. The van der Waals surface area contributed by atoms with Crippen molar-refractivity contribution < 1.29 is 23.2 Å². The van der Waals surface area contributed by atoms with Crippen molar-refractivity contribution in [1.82, 2.24) is 34.9 Å². The van der Waals surface area contributed by atoms with Crippen molar-refractivity contribution in [3.05, 3.63) is 29.1 Å². The fourth-order valence-electron chi connectivity index (χ4n) is 5.83. The number of aromatic amines is 1. The summed E-state index contributed by atoms with van der Waals surface area (Å²) in [6, 6.07) is 8.13. The van der Waals surface area contributed by atoms with E-state index in [0.717, 1.165) is 70.8 Å². The van der Waals surface area contributed by atoms with Crippen molar-refractivity contribution in [2.75, 3.05) is 75.5 Å². The quantitative estimate of drug-likeness (QED) is 0.100. The molecule has 14 nitrogen and oxygen atoms in total. The first-order valence-corrected chi connectivity index (χ1v) is 17.9. The molecule has 16 heteroatoms. The summed E-state index contributed by atoms with van der Waals surface area (Å²) in [5.41, 5.74) is 4.32. The van der Waals surface area contributed by atoms with Gasteiger partial charge in [-0.1, -0.05) is 18.6 Å². The lowest BCUT2D eigenvalue weighted by atomic mass is 10.1. The Morgan fingerprint density at radius 3 is 2.64 bits per heavy atom. The van der Waals surface area contributed by atoms with Crippen molar-refractivity contribution in [2.24, 2.45) is 0 Å². The molecule has 0 saturated carbocycles. The Bertz CT molecular complexity index is 1750. The second-order valence-corrected chi connectivity index (χ2v) is 14.5. The summed E-state index contributed by atoms with van der Waals surface area (Å²) in [6.45, 7) is 6.54. The van der Waals surface area contributed by atoms with Crippen LogP contribution in [0.4, 0.5) is 11.6 Å². The van der Waals surface area contributed by atoms with E-state index in [4.69, 9.17) is 19.9 Å². The van der Waals surface area contributed by atoms with E-state index in [1.165, 1.54) is 11.1 Å². The van der Waals surface area contributed by atoms with Gasteiger partial charge in [-0.25, -0.2) is 23.9 Å². The van der Waals surface area contributed by atoms with Crippen LogP contribution >= 0.6 is 11.3 Å². The minimum Gasteiger partial charge on any atom is -0.378 e. The monoisotopic (exact) mass is 657 g/mol. The van der Waals surface area contributed by atoms with Crippen LogP contribution in [-0.4, -0.2) is 114 Å². The normalized spacial score (nSPS) is 16.9. The van der Waals surface area contributed by atoms with Crippen molar-refractivity contribution in [1.29, 1.82) is 0 Å². The maximum absolute atomic E-state index is 12.0. The van der Waals surface area contributed by atoms with Gasteiger partial charge in [-0.15, -0.1) is 11.3 Å². The minimum absolute atomic E-state index is 0.293. The number of piperazine rings is 1. The van der Waals surface area contributed by atoms with Crippen LogP contribution in [0.5, 0.6) is 0 Å². The second kappa shape index (κ2) is 13.9. The maximum Gasteiger partial charge on any atom is 0.243 e. The SMILES string of the molecule is CS(=O)(=O)N1CCN(Cc2cc3nc(-c4cccc5[nH]nc(NCCCCCC(=O)NO)c45)nc(N4CCOCC4)c3s2)CC1. The lowest BCUT2D eigenvalue weighted by molar-refractivity contribution is -0.129. The largest absolute Gasteiger partial charge is 0.378 e. The number of unbranched alkanes of at least 4 members (excludes halogenated alkanes) is 2. The van der Waals surface area contributed by atoms with Gasteiger partial charge in [0.1, 0.15) is 0 Å². The van der Waals surface area contributed by atoms with Gasteiger partial charge in [-0.05, 0) is 25.0 Å². The number of fused-ring (bicyclic) bond motifs is 2. The molecule has 45 heavy (non-hydrogen) atoms. The molecule has 1 aromatic carbocycles. The molecule has 4 N–H and O–H groups in total. The van der Waals surface area contributed by atoms with E-state index in [-0.39, 0.29) is 5.91 Å². The number of hydroxylamine groups is 1. The van der Waals surface area contributed by atoms with Gasteiger partial charge in [0.05, 0.1) is 40.6 Å². The van der Waals surface area contributed by atoms with E-state index in [1.54, 1.807) is 21.1 Å². The van der Waals surface area contributed by atoms with Crippen LogP contribution in [0.25, 0.3) is 32.5 Å². The molecule has 5 heterocycles. The Hall–Kier alpha value is -3.41. The van der Waals surface area contributed by atoms with Crippen molar-refractivity contribution >= 4 is 60.0 Å². The maximum atomic E-state index is 12.0. The van der Waals surface area contributed by atoms with Gasteiger partial charge in [0.2, 0.25) is 15.9 Å². The number of benzene rings is 1. The number of nitrogens with one attached hydrogen (secondary N) is 3. The zero-order valence-corrected chi connectivity index (χ0v) is 26.9. The molecule has 0 bridgehead atoms. The average Bonchev–Trinajstić information content (AvgIpc) is 3.66. The van der Waals surface area contributed by atoms with Crippen LogP contribution in [-0.2, 0) is 26.1 Å². The van der Waals surface area contributed by atoms with Gasteiger partial charge in [0.15, 0.2) is 17.5 Å². The van der Waals surface area contributed by atoms with Gasteiger partial charge < -0.3 is 15.0 Å². The predicted octanol–water partition coefficient (Wildman–Crippen LogP) is 2.63. The molecule has 0 unspecified atom stereocenters. The molecule has 6 rings (SSSR count). The first-order chi connectivity index (χ1) is 21.8. The summed E-state index contributed by atoms with van der Waals surface area (Å²) in [7, 11) is -3.18. The molecular formula is C29H39N9O5S2. The Morgan fingerprint density at radius 1 is 1.09 bits per heavy atom. The number of carbonyl (C=O) groups excluding carboxylic acids is 1. The molecule has 2 fully saturated rings. The summed E-state index contributed by atoms with van der Waals surface area (Å²) < 4.78 is 32.1. The first kappa shape index (κ1) is 31.6. The number of ether oxygens (including phenoxy) is 1. The van der Waals surface area contributed by atoms with Crippen LogP contribution in [0, 0.1) is 0 Å². The van der Waals surface area contributed by atoms with E-state index in [9.17, 15) is 13.2 Å². The van der Waals surface area contributed by atoms with E-state index in [2.05, 4.69) is 31.4 Å². The number of hydrogen-bond donors (Lipinski definition) is 4. The van der Waals surface area contributed by atoms with Crippen LogP contribution in [0.3, 0.4) is 0 Å². The Kier molecular flexibility index (Phi) is 9.77. The molecule has 242 valence electrons. The number of rotatable bonds is 12. The number of hydrogen-bond acceptors (Lipinski definition) is 12. The van der Waals surface area contributed by atoms with Crippen molar-refractivity contribution in [3.8, 4) is 11.4 Å². The third kappa shape index (κ3) is 7.37. The number of H-pyrrole nitrogens is 1. The number of aromatic nitrogens is 4. The van der Waals surface area contributed by atoms with E-state index in [1.807, 2.05) is 18.2 Å². The molecule has 2 saturated heterocycles. The standard InChI is InChI=1S/C29H39N9O5S2/c1-45(41,42)38-12-10-36(11-13-38)19-20-18-23-26(44-20)29(37-14-16-43-17-15-37)32-27(31-23)21-6-5-7-22-25(21)28(34-33-22)30-9-4-2-3-8-24(39)35-40/h5-7,18,40H,2-4,8-17,19H2,1H3,(H,35,39)(H2,30,33,34). The summed E-state index contributed by atoms with van der Waals surface area (Å²) in [4.78, 5) is 27.2. The number of nitrogens with zero attached hydrogens (tertiary/aromatic N) is 6. The summed E-state index contributed by atoms with van der Waals surface area (Å²) in [6.07, 6.45) is 3.94. The van der Waals surface area contributed by atoms with Gasteiger partial charge in [-0.3, -0.25) is 20.0 Å². The first-order valence-electron chi connectivity index (χ1n) is 15.2. The highest BCUT2D eigenvalue weighted by molar-refractivity contribution is 7.88. The molecule has 3 aromatic heterocycles. The van der Waals surface area contributed by atoms with Crippen LogP contribution in [0.2, 0.25) is 0 Å². The Morgan fingerprint density at radius 2 is 1.89 bits per heavy atom. The Balaban J connectivity index is 1.27. The van der Waals surface area contributed by atoms with Crippen molar-refractivity contribution in [2.45, 2.75) is 32.2 Å². The highest BCUT2D eigenvalue weighted by Crippen LogP contribution is 2.37. The lowest BCUT2D eigenvalue weighted by Gasteiger charge is -2.32. The summed E-state index contributed by atoms with van der Waals surface area (Å²) in [5.74, 6) is 1.88. The zero-order valence-electron chi connectivity index (χ0n) is 25.3. The fraction of sp³-hybridized carbons (Fsp3) is 0.517. The van der Waals surface area contributed by atoms with Crippen molar-refractivity contribution in [3.63, 3.8) is 0 Å². The molecule has 1 amide bonds. The molecule has 0 radical (unpaired) electrons. The molecule has 0 atom stereocenters.